The van der Waals surface area contributed by atoms with Crippen molar-refractivity contribution in [1.29, 1.82) is 0 Å². The Morgan fingerprint density at radius 2 is 0.878 bits per heavy atom. The third kappa shape index (κ3) is 16.1. The maximum Gasteiger partial charge on any atom is 0.201 e. The van der Waals surface area contributed by atoms with E-state index in [0.717, 1.165) is 12.8 Å². The number of ether oxygens (including phenoxy) is 3. The molecular weight excluding hydrogens is 516 g/mol. The first-order chi connectivity index (χ1) is 20.1. The van der Waals surface area contributed by atoms with Gasteiger partial charge in [0.1, 0.15) is 11.5 Å². The van der Waals surface area contributed by atoms with E-state index < -0.39 is 0 Å². The molecule has 7 nitrogen and oxygen atoms in total. The van der Waals surface area contributed by atoms with Crippen molar-refractivity contribution in [3.05, 3.63) is 69.0 Å². The highest BCUT2D eigenvalue weighted by molar-refractivity contribution is 5.45. The summed E-state index contributed by atoms with van der Waals surface area (Å²) in [5.41, 5.74) is 0.861. The Morgan fingerprint density at radius 3 is 1.32 bits per heavy atom. The lowest BCUT2D eigenvalue weighted by Gasteiger charge is -2.07. The fourth-order valence-electron chi connectivity index (χ4n) is 4.35. The van der Waals surface area contributed by atoms with Crippen LogP contribution < -0.4 is 31.0 Å². The van der Waals surface area contributed by atoms with E-state index in [1.807, 2.05) is 12.1 Å². The van der Waals surface area contributed by atoms with Gasteiger partial charge in [-0.2, -0.15) is 0 Å². The van der Waals surface area contributed by atoms with Crippen molar-refractivity contribution in [1.82, 2.24) is 0 Å². The Morgan fingerprint density at radius 1 is 0.488 bits per heavy atom. The van der Waals surface area contributed by atoms with Gasteiger partial charge in [-0.15, -0.1) is 0 Å². The molecule has 0 fully saturated rings. The van der Waals surface area contributed by atoms with E-state index in [4.69, 9.17) is 14.2 Å². The van der Waals surface area contributed by atoms with E-state index in [1.165, 1.54) is 76.3 Å². The van der Waals surface area contributed by atoms with Crippen molar-refractivity contribution in [2.24, 2.45) is 0 Å². The van der Waals surface area contributed by atoms with Crippen LogP contribution in [0.15, 0.2) is 58.1 Å². The van der Waals surface area contributed by atoms with Crippen molar-refractivity contribution in [2.75, 3.05) is 50.2 Å². The van der Waals surface area contributed by atoms with Crippen LogP contribution in [0.5, 0.6) is 11.5 Å². The minimum Gasteiger partial charge on any atom is -0.494 e. The van der Waals surface area contributed by atoms with Gasteiger partial charge >= 0.3 is 0 Å². The number of hydrogen-bond donors (Lipinski definition) is 2. The van der Waals surface area contributed by atoms with Crippen molar-refractivity contribution in [3.8, 4) is 11.5 Å². The lowest BCUT2D eigenvalue weighted by Crippen LogP contribution is -2.18. The summed E-state index contributed by atoms with van der Waals surface area (Å²) in [6, 6.07) is 13.7. The summed E-state index contributed by atoms with van der Waals surface area (Å²) in [6.07, 6.45) is 14.6. The molecule has 2 N–H and O–H groups in total. The van der Waals surface area contributed by atoms with E-state index in [2.05, 4.69) is 24.5 Å². The van der Waals surface area contributed by atoms with Gasteiger partial charge in [-0.1, -0.05) is 78.1 Å². The Balaban J connectivity index is 1.62. The van der Waals surface area contributed by atoms with E-state index in [0.29, 0.717) is 62.4 Å². The molecule has 0 radical (unpaired) electrons. The highest BCUT2D eigenvalue weighted by Crippen LogP contribution is 2.13. The van der Waals surface area contributed by atoms with Gasteiger partial charge in [-0.3, -0.25) is 9.59 Å². The number of hydrogen-bond acceptors (Lipinski definition) is 7. The zero-order valence-electron chi connectivity index (χ0n) is 25.4. The number of anilines is 2. The van der Waals surface area contributed by atoms with Crippen LogP contribution in [-0.2, 0) is 4.74 Å². The molecule has 2 rings (SSSR count). The van der Waals surface area contributed by atoms with E-state index in [-0.39, 0.29) is 10.9 Å². The second kappa shape index (κ2) is 22.6. The molecular formula is C34H52N2O5. The highest BCUT2D eigenvalue weighted by atomic mass is 16.5. The molecule has 0 heterocycles. The summed E-state index contributed by atoms with van der Waals surface area (Å²) < 4.78 is 17.3. The van der Waals surface area contributed by atoms with Crippen LogP contribution in [0.4, 0.5) is 11.4 Å². The molecule has 7 heteroatoms. The lowest BCUT2D eigenvalue weighted by molar-refractivity contribution is 0.154. The van der Waals surface area contributed by atoms with Gasteiger partial charge in [0.2, 0.25) is 10.9 Å². The van der Waals surface area contributed by atoms with Crippen LogP contribution in [0.25, 0.3) is 0 Å². The maximum atomic E-state index is 12.4. The molecule has 0 saturated carbocycles. The predicted octanol–water partition coefficient (Wildman–Crippen LogP) is 7.43. The van der Waals surface area contributed by atoms with Crippen molar-refractivity contribution in [2.45, 2.75) is 90.9 Å². The first-order valence-electron chi connectivity index (χ1n) is 15.7. The standard InChI is InChI=1S/C34H52N2O5/c1-3-5-7-9-11-13-25-40-29-15-19-31(33(37)21-17-29)35-23-27-39-28-24-36-32-20-16-30(18-22-34(32)38)41-26-14-12-10-8-6-4-2/h15-22H,3-14,23-28H2,1-2H3,(H,35,37)(H,36,38). The van der Waals surface area contributed by atoms with E-state index >= 15 is 0 Å². The van der Waals surface area contributed by atoms with Gasteiger partial charge in [0.15, 0.2) is 0 Å². The maximum absolute atomic E-state index is 12.4. The minimum atomic E-state index is -0.0867. The number of unbranched alkanes of at least 4 members (excludes halogenated alkanes) is 10. The summed E-state index contributed by atoms with van der Waals surface area (Å²) in [6.45, 7) is 7.64. The number of rotatable bonds is 24. The molecule has 0 aromatic heterocycles. The van der Waals surface area contributed by atoms with Crippen molar-refractivity contribution < 1.29 is 14.2 Å². The zero-order valence-corrected chi connectivity index (χ0v) is 25.4. The van der Waals surface area contributed by atoms with Crippen LogP contribution in [0, 0.1) is 0 Å². The van der Waals surface area contributed by atoms with Crippen LogP contribution in [0.1, 0.15) is 90.9 Å². The fraction of sp³-hybridized carbons (Fsp3) is 0.588. The highest BCUT2D eigenvalue weighted by Gasteiger charge is 2.01. The van der Waals surface area contributed by atoms with Crippen LogP contribution in [-0.4, -0.2) is 39.5 Å². The average molecular weight is 569 g/mol. The Labute approximate surface area is 247 Å². The molecule has 0 spiro atoms. The molecule has 0 bridgehead atoms. The molecule has 0 aliphatic rings. The quantitative estimate of drug-likeness (QED) is 0.127. The average Bonchev–Trinajstić information content (AvgIpc) is 3.26. The summed E-state index contributed by atoms with van der Waals surface area (Å²) >= 11 is 0. The largest absolute Gasteiger partial charge is 0.494 e. The monoisotopic (exact) mass is 568 g/mol. The molecule has 41 heavy (non-hydrogen) atoms. The van der Waals surface area contributed by atoms with Gasteiger partial charge in [0.05, 0.1) is 37.8 Å². The molecule has 0 aliphatic heterocycles. The topological polar surface area (TPSA) is 85.9 Å². The molecule has 0 amide bonds. The van der Waals surface area contributed by atoms with E-state index in [9.17, 15) is 9.59 Å². The lowest BCUT2D eigenvalue weighted by atomic mass is 10.1. The second-order valence-electron chi connectivity index (χ2n) is 10.4. The van der Waals surface area contributed by atoms with Crippen LogP contribution in [0.3, 0.4) is 0 Å². The first kappa shape index (κ1) is 34.1. The second-order valence-corrected chi connectivity index (χ2v) is 10.4. The Hall–Kier alpha value is -3.06. The normalized spacial score (nSPS) is 10.8. The molecule has 0 saturated heterocycles. The zero-order chi connectivity index (χ0) is 29.4. The van der Waals surface area contributed by atoms with Crippen LogP contribution in [0.2, 0.25) is 0 Å². The summed E-state index contributed by atoms with van der Waals surface area (Å²) in [7, 11) is 0. The smallest absolute Gasteiger partial charge is 0.201 e. The number of nitrogens with one attached hydrogen (secondary N) is 2. The molecule has 0 aliphatic carbocycles. The van der Waals surface area contributed by atoms with Gasteiger partial charge in [-0.25, -0.2) is 0 Å². The molecule has 0 unspecified atom stereocenters. The van der Waals surface area contributed by atoms with Gasteiger partial charge in [0.25, 0.3) is 0 Å². The fourth-order valence-corrected chi connectivity index (χ4v) is 4.35. The first-order valence-corrected chi connectivity index (χ1v) is 15.7. The Kier molecular flexibility index (Phi) is 18.8. The molecule has 2 aromatic carbocycles. The van der Waals surface area contributed by atoms with Gasteiger partial charge in [-0.05, 0) is 61.4 Å². The SMILES string of the molecule is CCCCCCCCOc1ccc(NCCOCCNc2ccc(OCCCCCCCC)ccc2=O)c(=O)cc1. The van der Waals surface area contributed by atoms with Gasteiger partial charge in [0, 0.05) is 13.1 Å². The predicted molar refractivity (Wildman–Crippen MR) is 171 cm³/mol. The molecule has 2 aromatic rings. The van der Waals surface area contributed by atoms with E-state index in [1.54, 1.807) is 24.3 Å². The third-order valence-electron chi connectivity index (χ3n) is 6.81. The Bertz CT molecular complexity index is 994. The summed E-state index contributed by atoms with van der Waals surface area (Å²) in [5.74, 6) is 1.41. The third-order valence-corrected chi connectivity index (χ3v) is 6.81. The van der Waals surface area contributed by atoms with Crippen molar-refractivity contribution >= 4 is 11.4 Å². The van der Waals surface area contributed by atoms with Gasteiger partial charge < -0.3 is 24.8 Å². The van der Waals surface area contributed by atoms with Crippen molar-refractivity contribution in [3.63, 3.8) is 0 Å². The summed E-state index contributed by atoms with van der Waals surface area (Å²) in [4.78, 5) is 24.7. The molecule has 228 valence electrons. The molecule has 0 atom stereocenters. The van der Waals surface area contributed by atoms with Crippen LogP contribution >= 0.6 is 0 Å². The minimum absolute atomic E-state index is 0.0867. The summed E-state index contributed by atoms with van der Waals surface area (Å²) in [5, 5.41) is 6.28.